The Kier molecular flexibility index (Phi) is 4.75. The van der Waals surface area contributed by atoms with E-state index in [4.69, 9.17) is 4.42 Å². The smallest absolute Gasteiger partial charge is 0.336 e. The Morgan fingerprint density at radius 3 is 2.48 bits per heavy atom. The van der Waals surface area contributed by atoms with Gasteiger partial charge in [-0.1, -0.05) is 30.3 Å². The molecule has 1 fully saturated rings. The standard InChI is InChI=1S/C23H25NO3/c1-15-7-6-8-16(2)24(15)14-20-21(25)12-11-18-19(13-22(26)27-23(18)20)17-9-4-3-5-10-17/h3-5,9-13,15-16,25H,6-8,14H2,1-2H3/p+1/t15-,16+. The highest BCUT2D eigenvalue weighted by atomic mass is 16.4. The fraction of sp³-hybridized carbons (Fsp3) is 0.348. The summed E-state index contributed by atoms with van der Waals surface area (Å²) >= 11 is 0. The summed E-state index contributed by atoms with van der Waals surface area (Å²) in [6.45, 7) is 5.18. The van der Waals surface area contributed by atoms with Crippen LogP contribution >= 0.6 is 0 Å². The average Bonchev–Trinajstić information content (AvgIpc) is 2.66. The molecule has 1 aliphatic rings. The fourth-order valence-electron chi connectivity index (χ4n) is 4.44. The number of phenols is 1. The zero-order valence-corrected chi connectivity index (χ0v) is 15.9. The van der Waals surface area contributed by atoms with Gasteiger partial charge >= 0.3 is 5.63 Å². The first kappa shape index (κ1) is 17.8. The number of aromatic hydroxyl groups is 1. The Labute approximate surface area is 159 Å². The van der Waals surface area contributed by atoms with Gasteiger partial charge in [0.1, 0.15) is 12.3 Å². The molecular weight excluding hydrogens is 338 g/mol. The van der Waals surface area contributed by atoms with E-state index in [1.165, 1.54) is 30.2 Å². The van der Waals surface area contributed by atoms with Gasteiger partial charge in [0, 0.05) is 11.5 Å². The van der Waals surface area contributed by atoms with Gasteiger partial charge in [0.25, 0.3) is 0 Å². The number of hydrogen-bond donors (Lipinski definition) is 2. The van der Waals surface area contributed by atoms with Gasteiger partial charge in [-0.25, -0.2) is 4.79 Å². The summed E-state index contributed by atoms with van der Waals surface area (Å²) in [5.74, 6) is 0.202. The van der Waals surface area contributed by atoms with Crippen molar-refractivity contribution in [1.82, 2.24) is 0 Å². The van der Waals surface area contributed by atoms with E-state index >= 15 is 0 Å². The monoisotopic (exact) mass is 364 g/mol. The Morgan fingerprint density at radius 1 is 1.07 bits per heavy atom. The third kappa shape index (κ3) is 3.37. The molecule has 4 heteroatoms. The van der Waals surface area contributed by atoms with Crippen LogP contribution in [0.3, 0.4) is 0 Å². The van der Waals surface area contributed by atoms with Gasteiger partial charge in [0.2, 0.25) is 0 Å². The Morgan fingerprint density at radius 2 is 1.78 bits per heavy atom. The topological polar surface area (TPSA) is 54.9 Å². The molecule has 0 spiro atoms. The number of hydrogen-bond acceptors (Lipinski definition) is 3. The third-order valence-corrected chi connectivity index (χ3v) is 6.00. The largest absolute Gasteiger partial charge is 0.507 e. The molecule has 4 nitrogen and oxygen atoms in total. The van der Waals surface area contributed by atoms with Gasteiger partial charge in [0.15, 0.2) is 5.58 Å². The van der Waals surface area contributed by atoms with E-state index in [0.717, 1.165) is 22.1 Å². The second kappa shape index (κ2) is 7.20. The van der Waals surface area contributed by atoms with Crippen LogP contribution in [-0.4, -0.2) is 17.2 Å². The lowest BCUT2D eigenvalue weighted by Gasteiger charge is -2.36. The van der Waals surface area contributed by atoms with Crippen LogP contribution in [-0.2, 0) is 6.54 Å². The van der Waals surface area contributed by atoms with Crippen molar-refractivity contribution in [3.8, 4) is 16.9 Å². The Bertz CT molecular complexity index is 999. The third-order valence-electron chi connectivity index (χ3n) is 6.00. The molecule has 2 aromatic carbocycles. The van der Waals surface area contributed by atoms with Gasteiger partial charge in [-0.15, -0.1) is 0 Å². The zero-order chi connectivity index (χ0) is 19.0. The quantitative estimate of drug-likeness (QED) is 0.699. The molecule has 1 aromatic heterocycles. The van der Waals surface area contributed by atoms with E-state index in [2.05, 4.69) is 13.8 Å². The summed E-state index contributed by atoms with van der Waals surface area (Å²) in [5.41, 5.74) is 2.68. The molecule has 0 saturated carbocycles. The second-order valence-corrected chi connectivity index (χ2v) is 7.77. The predicted octanol–water partition coefficient (Wildman–Crippen LogP) is 3.51. The molecule has 0 aliphatic carbocycles. The van der Waals surface area contributed by atoms with Crippen molar-refractivity contribution >= 4 is 11.0 Å². The van der Waals surface area contributed by atoms with Crippen molar-refractivity contribution in [1.29, 1.82) is 0 Å². The van der Waals surface area contributed by atoms with Crippen molar-refractivity contribution in [2.45, 2.75) is 51.7 Å². The maximum Gasteiger partial charge on any atom is 0.336 e. The van der Waals surface area contributed by atoms with Crippen molar-refractivity contribution in [2.24, 2.45) is 0 Å². The van der Waals surface area contributed by atoms with Crippen molar-refractivity contribution in [3.63, 3.8) is 0 Å². The lowest BCUT2D eigenvalue weighted by molar-refractivity contribution is -0.964. The summed E-state index contributed by atoms with van der Waals surface area (Å²) < 4.78 is 5.62. The minimum Gasteiger partial charge on any atom is -0.507 e. The van der Waals surface area contributed by atoms with Crippen LogP contribution in [0.1, 0.15) is 38.7 Å². The molecule has 0 radical (unpaired) electrons. The van der Waals surface area contributed by atoms with Crippen LogP contribution in [0.5, 0.6) is 5.75 Å². The number of rotatable bonds is 3. The minimum atomic E-state index is -0.386. The molecule has 4 rings (SSSR count). The van der Waals surface area contributed by atoms with E-state index in [9.17, 15) is 9.90 Å². The molecule has 0 amide bonds. The first-order valence-corrected chi connectivity index (χ1v) is 9.74. The van der Waals surface area contributed by atoms with Crippen LogP contribution in [0.25, 0.3) is 22.1 Å². The number of benzene rings is 2. The number of piperidine rings is 1. The fourth-order valence-corrected chi connectivity index (χ4v) is 4.44. The molecule has 1 saturated heterocycles. The van der Waals surface area contributed by atoms with Crippen molar-refractivity contribution in [3.05, 3.63) is 64.5 Å². The predicted molar refractivity (Wildman–Crippen MR) is 107 cm³/mol. The van der Waals surface area contributed by atoms with Gasteiger partial charge in [-0.05, 0) is 56.4 Å². The summed E-state index contributed by atoms with van der Waals surface area (Å²) in [6, 6.07) is 16.0. The summed E-state index contributed by atoms with van der Waals surface area (Å²) in [7, 11) is 0. The Balaban J connectivity index is 1.87. The minimum absolute atomic E-state index is 0.202. The number of likely N-dealkylation sites (tertiary alicyclic amines) is 1. The van der Waals surface area contributed by atoms with Gasteiger partial charge in [0.05, 0.1) is 17.6 Å². The number of phenolic OH excluding ortho intramolecular Hbond substituents is 1. The highest BCUT2D eigenvalue weighted by Gasteiger charge is 2.30. The SMILES string of the molecule is C[C@@H]1CCC[C@H](C)[NH+]1Cc1c(O)ccc2c(-c3ccccc3)cc(=O)oc12. The molecule has 1 aliphatic heterocycles. The van der Waals surface area contributed by atoms with E-state index in [1.54, 1.807) is 6.07 Å². The highest BCUT2D eigenvalue weighted by Crippen LogP contribution is 2.32. The first-order chi connectivity index (χ1) is 13.0. The second-order valence-electron chi connectivity index (χ2n) is 7.77. The maximum absolute atomic E-state index is 12.3. The van der Waals surface area contributed by atoms with Gasteiger partial charge < -0.3 is 14.4 Å². The first-order valence-electron chi connectivity index (χ1n) is 9.74. The van der Waals surface area contributed by atoms with Crippen molar-refractivity contribution < 1.29 is 14.4 Å². The van der Waals surface area contributed by atoms with Crippen LogP contribution in [0.2, 0.25) is 0 Å². The molecule has 2 N–H and O–H groups in total. The molecule has 2 heterocycles. The average molecular weight is 364 g/mol. The molecule has 3 aromatic rings. The molecule has 27 heavy (non-hydrogen) atoms. The molecule has 1 unspecified atom stereocenters. The molecule has 3 atom stereocenters. The van der Waals surface area contributed by atoms with Crippen LogP contribution in [0.15, 0.2) is 57.7 Å². The summed E-state index contributed by atoms with van der Waals surface area (Å²) in [6.07, 6.45) is 3.62. The maximum atomic E-state index is 12.3. The Hall–Kier alpha value is -2.59. The van der Waals surface area contributed by atoms with Gasteiger partial charge in [-0.2, -0.15) is 0 Å². The summed E-state index contributed by atoms with van der Waals surface area (Å²) in [5, 5.41) is 11.5. The van der Waals surface area contributed by atoms with Gasteiger partial charge in [-0.3, -0.25) is 0 Å². The van der Waals surface area contributed by atoms with Crippen LogP contribution < -0.4 is 10.5 Å². The normalized spacial score (nSPS) is 22.8. The number of nitrogens with one attached hydrogen (secondary N) is 1. The molecular formula is C23H26NO3+. The highest BCUT2D eigenvalue weighted by molar-refractivity contribution is 5.95. The van der Waals surface area contributed by atoms with E-state index in [0.29, 0.717) is 24.2 Å². The lowest BCUT2D eigenvalue weighted by Crippen LogP contribution is -3.18. The lowest BCUT2D eigenvalue weighted by atomic mass is 9.95. The molecule has 0 bridgehead atoms. The van der Waals surface area contributed by atoms with E-state index in [1.807, 2.05) is 36.4 Å². The zero-order valence-electron chi connectivity index (χ0n) is 15.9. The van der Waals surface area contributed by atoms with E-state index < -0.39 is 0 Å². The van der Waals surface area contributed by atoms with Crippen LogP contribution in [0, 0.1) is 0 Å². The van der Waals surface area contributed by atoms with Crippen molar-refractivity contribution in [2.75, 3.05) is 0 Å². The molecule has 140 valence electrons. The van der Waals surface area contributed by atoms with E-state index in [-0.39, 0.29) is 11.4 Å². The number of quaternary nitrogens is 1. The number of fused-ring (bicyclic) bond motifs is 1. The summed E-state index contributed by atoms with van der Waals surface area (Å²) in [4.78, 5) is 13.7. The van der Waals surface area contributed by atoms with Crippen LogP contribution in [0.4, 0.5) is 0 Å².